The summed E-state index contributed by atoms with van der Waals surface area (Å²) < 4.78 is 5.84. The smallest absolute Gasteiger partial charge is 0.360 e. The monoisotopic (exact) mass is 254 g/mol. The fourth-order valence-electron chi connectivity index (χ4n) is 1.38. The molecule has 0 aliphatic carbocycles. The molecule has 1 aromatic heterocycles. The van der Waals surface area contributed by atoms with Crippen molar-refractivity contribution < 1.29 is 14.3 Å². The lowest BCUT2D eigenvalue weighted by atomic mass is 10.3. The molecular weight excluding hydrogens is 236 g/mol. The van der Waals surface area contributed by atoms with Gasteiger partial charge in [-0.2, -0.15) is 5.10 Å². The van der Waals surface area contributed by atoms with E-state index in [9.17, 15) is 9.59 Å². The molecule has 0 fully saturated rings. The highest BCUT2D eigenvalue weighted by molar-refractivity contribution is 5.92. The highest BCUT2D eigenvalue weighted by atomic mass is 16.5. The molecule has 1 aromatic rings. The van der Waals surface area contributed by atoms with Gasteiger partial charge in [-0.25, -0.2) is 4.79 Å². The Morgan fingerprint density at radius 1 is 1.56 bits per heavy atom. The van der Waals surface area contributed by atoms with Gasteiger partial charge in [-0.15, -0.1) is 0 Å². The zero-order valence-corrected chi connectivity index (χ0v) is 10.6. The number of methoxy groups -OCH3 is 1. The Kier molecular flexibility index (Phi) is 5.16. The van der Waals surface area contributed by atoms with Crippen molar-refractivity contribution in [3.63, 3.8) is 0 Å². The van der Waals surface area contributed by atoms with Gasteiger partial charge in [-0.1, -0.05) is 13.3 Å². The number of nitrogens with zero attached hydrogens (tertiary/aromatic N) is 2. The van der Waals surface area contributed by atoms with Crippen LogP contribution in [0.2, 0.25) is 0 Å². The summed E-state index contributed by atoms with van der Waals surface area (Å²) in [6.45, 7) is 2.71. The van der Waals surface area contributed by atoms with Crippen molar-refractivity contribution in [2.24, 2.45) is 0 Å². The number of aromatic nitrogens is 2. The Hall–Kier alpha value is -2.05. The minimum atomic E-state index is -0.613. The van der Waals surface area contributed by atoms with Crippen LogP contribution in [0.4, 0.5) is 5.69 Å². The van der Waals surface area contributed by atoms with Crippen LogP contribution >= 0.6 is 0 Å². The van der Waals surface area contributed by atoms with Crippen molar-refractivity contribution in [1.29, 1.82) is 0 Å². The van der Waals surface area contributed by atoms with Crippen molar-refractivity contribution in [2.45, 2.75) is 26.3 Å². The number of hydrogen-bond donors (Lipinski definition) is 2. The van der Waals surface area contributed by atoms with Crippen LogP contribution in [-0.2, 0) is 16.1 Å². The van der Waals surface area contributed by atoms with E-state index in [-0.39, 0.29) is 23.8 Å². The SMILES string of the molecule is CCCCNC(=O)Cn1cc(N)c(C(=O)OC)n1. The number of nitrogens with one attached hydrogen (secondary N) is 1. The molecule has 7 heteroatoms. The molecule has 0 spiro atoms. The Morgan fingerprint density at radius 2 is 2.28 bits per heavy atom. The fraction of sp³-hybridized carbons (Fsp3) is 0.545. The number of esters is 1. The predicted octanol–water partition coefficient (Wildman–Crippen LogP) is 0.168. The van der Waals surface area contributed by atoms with Crippen LogP contribution in [0.1, 0.15) is 30.3 Å². The largest absolute Gasteiger partial charge is 0.464 e. The third kappa shape index (κ3) is 3.76. The van der Waals surface area contributed by atoms with Crippen LogP contribution < -0.4 is 11.1 Å². The Bertz CT molecular complexity index is 428. The van der Waals surface area contributed by atoms with Gasteiger partial charge in [0.1, 0.15) is 6.54 Å². The van der Waals surface area contributed by atoms with Crippen molar-refractivity contribution in [1.82, 2.24) is 15.1 Å². The average molecular weight is 254 g/mol. The first kappa shape index (κ1) is 14.0. The van der Waals surface area contributed by atoms with Gasteiger partial charge >= 0.3 is 5.97 Å². The maximum atomic E-state index is 11.5. The van der Waals surface area contributed by atoms with E-state index in [0.29, 0.717) is 6.54 Å². The number of amides is 1. The fourth-order valence-corrected chi connectivity index (χ4v) is 1.38. The molecule has 0 aliphatic heterocycles. The number of ether oxygens (including phenoxy) is 1. The molecule has 0 aliphatic rings. The maximum Gasteiger partial charge on any atom is 0.360 e. The van der Waals surface area contributed by atoms with E-state index in [1.807, 2.05) is 6.92 Å². The summed E-state index contributed by atoms with van der Waals surface area (Å²) in [4.78, 5) is 22.8. The quantitative estimate of drug-likeness (QED) is 0.557. The minimum Gasteiger partial charge on any atom is -0.464 e. The number of rotatable bonds is 6. The summed E-state index contributed by atoms with van der Waals surface area (Å²) in [6.07, 6.45) is 3.38. The molecule has 0 saturated heterocycles. The topological polar surface area (TPSA) is 99.2 Å². The van der Waals surface area contributed by atoms with Crippen LogP contribution in [0.25, 0.3) is 0 Å². The molecule has 0 unspecified atom stereocenters. The first-order valence-corrected chi connectivity index (χ1v) is 5.76. The maximum absolute atomic E-state index is 11.5. The van der Waals surface area contributed by atoms with E-state index in [2.05, 4.69) is 15.2 Å². The molecule has 1 rings (SSSR count). The zero-order valence-electron chi connectivity index (χ0n) is 10.6. The lowest BCUT2D eigenvalue weighted by Crippen LogP contribution is -2.28. The van der Waals surface area contributed by atoms with Gasteiger partial charge in [-0.3, -0.25) is 9.48 Å². The Morgan fingerprint density at radius 3 is 2.89 bits per heavy atom. The molecular formula is C11H18N4O3. The van der Waals surface area contributed by atoms with Crippen LogP contribution in [0.3, 0.4) is 0 Å². The number of nitrogens with two attached hydrogens (primary N) is 1. The van der Waals surface area contributed by atoms with Crippen molar-refractivity contribution >= 4 is 17.6 Å². The van der Waals surface area contributed by atoms with E-state index in [1.165, 1.54) is 18.0 Å². The van der Waals surface area contributed by atoms with Crippen molar-refractivity contribution in [2.75, 3.05) is 19.4 Å². The molecule has 7 nitrogen and oxygen atoms in total. The van der Waals surface area contributed by atoms with Gasteiger partial charge in [0.05, 0.1) is 12.8 Å². The predicted molar refractivity (Wildman–Crippen MR) is 65.9 cm³/mol. The van der Waals surface area contributed by atoms with Crippen molar-refractivity contribution in [3.05, 3.63) is 11.9 Å². The molecule has 0 aromatic carbocycles. The first-order valence-electron chi connectivity index (χ1n) is 5.76. The van der Waals surface area contributed by atoms with Crippen LogP contribution in [0, 0.1) is 0 Å². The number of unbranched alkanes of at least 4 members (excludes halogenated alkanes) is 1. The number of anilines is 1. The first-order chi connectivity index (χ1) is 8.58. The average Bonchev–Trinajstić information content (AvgIpc) is 2.69. The van der Waals surface area contributed by atoms with E-state index >= 15 is 0 Å². The molecule has 1 amide bonds. The summed E-state index contributed by atoms with van der Waals surface area (Å²) in [5.41, 5.74) is 5.82. The third-order valence-electron chi connectivity index (χ3n) is 2.33. The van der Waals surface area contributed by atoms with Crippen molar-refractivity contribution in [3.8, 4) is 0 Å². The van der Waals surface area contributed by atoms with E-state index in [0.717, 1.165) is 12.8 Å². The van der Waals surface area contributed by atoms with E-state index in [1.54, 1.807) is 0 Å². The molecule has 0 bridgehead atoms. The molecule has 3 N–H and O–H groups in total. The van der Waals surface area contributed by atoms with Gasteiger partial charge in [0.25, 0.3) is 0 Å². The van der Waals surface area contributed by atoms with E-state index in [4.69, 9.17) is 5.73 Å². The lowest BCUT2D eigenvalue weighted by molar-refractivity contribution is -0.121. The van der Waals surface area contributed by atoms with Crippen LogP contribution in [0.15, 0.2) is 6.20 Å². The molecule has 0 atom stereocenters. The molecule has 1 heterocycles. The summed E-state index contributed by atoms with van der Waals surface area (Å²) in [7, 11) is 1.25. The number of carbonyl (C=O) groups excluding carboxylic acids is 2. The Labute approximate surface area is 105 Å². The number of nitrogen functional groups attached to an aromatic ring is 1. The molecule has 18 heavy (non-hydrogen) atoms. The van der Waals surface area contributed by atoms with E-state index < -0.39 is 5.97 Å². The molecule has 0 radical (unpaired) electrons. The highest BCUT2D eigenvalue weighted by Crippen LogP contribution is 2.09. The molecule has 100 valence electrons. The summed E-state index contributed by atoms with van der Waals surface area (Å²) in [5.74, 6) is -0.778. The van der Waals surface area contributed by atoms with Gasteiger partial charge in [0, 0.05) is 12.7 Å². The molecule has 0 saturated carbocycles. The van der Waals surface area contributed by atoms with Gasteiger partial charge in [0.2, 0.25) is 5.91 Å². The normalized spacial score (nSPS) is 10.1. The second kappa shape index (κ2) is 6.63. The van der Waals surface area contributed by atoms with Gasteiger partial charge in [0.15, 0.2) is 5.69 Å². The minimum absolute atomic E-state index is 0.0267. The number of carbonyl (C=O) groups is 2. The summed E-state index contributed by atoms with van der Waals surface area (Å²) in [6, 6.07) is 0. The summed E-state index contributed by atoms with van der Waals surface area (Å²) in [5, 5.41) is 6.65. The standard InChI is InChI=1S/C11H18N4O3/c1-3-4-5-13-9(16)7-15-6-8(12)10(14-15)11(17)18-2/h6H,3-5,7,12H2,1-2H3,(H,13,16). The summed E-state index contributed by atoms with van der Waals surface area (Å²) >= 11 is 0. The Balaban J connectivity index is 2.57. The second-order valence-electron chi connectivity index (χ2n) is 3.83. The van der Waals surface area contributed by atoms with Gasteiger partial charge < -0.3 is 15.8 Å². The van der Waals surface area contributed by atoms with Gasteiger partial charge in [-0.05, 0) is 6.42 Å². The lowest BCUT2D eigenvalue weighted by Gasteiger charge is -2.03. The van der Waals surface area contributed by atoms with Crippen LogP contribution in [-0.4, -0.2) is 35.3 Å². The van der Waals surface area contributed by atoms with Crippen LogP contribution in [0.5, 0.6) is 0 Å². The third-order valence-corrected chi connectivity index (χ3v) is 2.33. The zero-order chi connectivity index (χ0) is 13.5. The highest BCUT2D eigenvalue weighted by Gasteiger charge is 2.16. The second-order valence-corrected chi connectivity index (χ2v) is 3.83. The number of hydrogen-bond acceptors (Lipinski definition) is 5.